The number of carbonyl (C=O) groups excluding carboxylic acids is 1. The third kappa shape index (κ3) is 4.14. The SMILES string of the molecule is O=C(O)c1ccc(N2C(=O)/C(=C/c3ccc(-c4ccc(O)cc4)s3)C=C2c2ccccc2)cc1. The molecule has 0 atom stereocenters. The minimum absolute atomic E-state index is 0.164. The van der Waals surface area contributed by atoms with Crippen molar-refractivity contribution in [3.05, 3.63) is 119 Å². The molecule has 0 unspecified atom stereocenters. The van der Waals surface area contributed by atoms with Crippen molar-refractivity contribution in [2.45, 2.75) is 0 Å². The first-order valence-electron chi connectivity index (χ1n) is 10.6. The molecule has 0 spiro atoms. The summed E-state index contributed by atoms with van der Waals surface area (Å²) in [5.41, 5.74) is 3.92. The molecule has 2 heterocycles. The number of phenolic OH excluding ortho intramolecular Hbond substituents is 1. The van der Waals surface area contributed by atoms with Gasteiger partial charge in [-0.3, -0.25) is 9.69 Å². The molecule has 6 heteroatoms. The van der Waals surface area contributed by atoms with Crippen LogP contribution < -0.4 is 4.90 Å². The molecule has 1 amide bonds. The Balaban J connectivity index is 1.52. The molecule has 0 bridgehead atoms. The number of carboxylic acids is 1. The Hall–Kier alpha value is -4.42. The number of aromatic hydroxyl groups is 1. The van der Waals surface area contributed by atoms with Crippen LogP contribution in [-0.2, 0) is 4.79 Å². The Bertz CT molecular complexity index is 1430. The largest absolute Gasteiger partial charge is 0.508 e. The van der Waals surface area contributed by atoms with Crippen LogP contribution in [0.1, 0.15) is 20.8 Å². The second-order valence-corrected chi connectivity index (χ2v) is 8.85. The summed E-state index contributed by atoms with van der Waals surface area (Å²) in [4.78, 5) is 28.3. The van der Waals surface area contributed by atoms with E-state index in [4.69, 9.17) is 0 Å². The van der Waals surface area contributed by atoms with E-state index in [1.54, 1.807) is 40.5 Å². The maximum absolute atomic E-state index is 13.5. The summed E-state index contributed by atoms with van der Waals surface area (Å²) in [5, 5.41) is 18.7. The number of anilines is 1. The van der Waals surface area contributed by atoms with Crippen LogP contribution >= 0.6 is 11.3 Å². The summed E-state index contributed by atoms with van der Waals surface area (Å²) in [6.45, 7) is 0. The number of amides is 1. The average Bonchev–Trinajstić information content (AvgIpc) is 3.45. The van der Waals surface area contributed by atoms with Crippen molar-refractivity contribution in [3.8, 4) is 16.2 Å². The predicted molar refractivity (Wildman–Crippen MR) is 135 cm³/mol. The van der Waals surface area contributed by atoms with E-state index in [9.17, 15) is 19.8 Å². The van der Waals surface area contributed by atoms with Crippen LogP contribution in [0.2, 0.25) is 0 Å². The van der Waals surface area contributed by atoms with Crippen LogP contribution in [-0.4, -0.2) is 22.1 Å². The van der Waals surface area contributed by atoms with E-state index < -0.39 is 5.97 Å². The highest BCUT2D eigenvalue weighted by molar-refractivity contribution is 7.16. The van der Waals surface area contributed by atoms with Crippen LogP contribution in [0, 0.1) is 0 Å². The number of aromatic carboxylic acids is 1. The first-order valence-corrected chi connectivity index (χ1v) is 11.4. The molecule has 0 saturated carbocycles. The molecule has 0 saturated heterocycles. The summed E-state index contributed by atoms with van der Waals surface area (Å²) in [5.74, 6) is -0.975. The summed E-state index contributed by atoms with van der Waals surface area (Å²) in [6.07, 6.45) is 3.73. The number of benzene rings is 3. The molecule has 2 N–H and O–H groups in total. The average molecular weight is 466 g/mol. The molecule has 0 radical (unpaired) electrons. The van der Waals surface area contributed by atoms with Gasteiger partial charge in [0.2, 0.25) is 0 Å². The lowest BCUT2D eigenvalue weighted by atomic mass is 10.1. The Morgan fingerprint density at radius 3 is 2.21 bits per heavy atom. The van der Waals surface area contributed by atoms with Crippen molar-refractivity contribution in [2.24, 2.45) is 0 Å². The number of hydrogen-bond acceptors (Lipinski definition) is 4. The van der Waals surface area contributed by atoms with E-state index in [2.05, 4.69) is 0 Å². The van der Waals surface area contributed by atoms with Gasteiger partial charge in [-0.2, -0.15) is 0 Å². The van der Waals surface area contributed by atoms with Gasteiger partial charge in [-0.1, -0.05) is 30.3 Å². The number of rotatable bonds is 5. The van der Waals surface area contributed by atoms with Crippen LogP contribution in [0.3, 0.4) is 0 Å². The summed E-state index contributed by atoms with van der Waals surface area (Å²) in [7, 11) is 0. The van der Waals surface area contributed by atoms with Gasteiger partial charge in [0.15, 0.2) is 0 Å². The number of hydrogen-bond donors (Lipinski definition) is 2. The van der Waals surface area contributed by atoms with Gasteiger partial charge in [0.1, 0.15) is 5.75 Å². The summed E-state index contributed by atoms with van der Waals surface area (Å²) in [6, 6.07) is 26.9. The normalized spacial score (nSPS) is 14.5. The lowest BCUT2D eigenvalue weighted by molar-refractivity contribution is -0.113. The lowest BCUT2D eigenvalue weighted by Crippen LogP contribution is -2.25. The van der Waals surface area contributed by atoms with Crippen molar-refractivity contribution in [2.75, 3.05) is 4.90 Å². The molecule has 0 fully saturated rings. The molecule has 1 aromatic heterocycles. The topological polar surface area (TPSA) is 77.8 Å². The van der Waals surface area contributed by atoms with Gasteiger partial charge in [0, 0.05) is 21.0 Å². The van der Waals surface area contributed by atoms with Crippen LogP contribution in [0.4, 0.5) is 5.69 Å². The molecule has 0 aliphatic carbocycles. The van der Waals surface area contributed by atoms with Gasteiger partial charge in [-0.05, 0) is 83.9 Å². The van der Waals surface area contributed by atoms with Crippen molar-refractivity contribution in [3.63, 3.8) is 0 Å². The van der Waals surface area contributed by atoms with Crippen molar-refractivity contribution in [1.82, 2.24) is 0 Å². The lowest BCUT2D eigenvalue weighted by Gasteiger charge is -2.21. The molecular formula is C28H19NO4S. The van der Waals surface area contributed by atoms with Gasteiger partial charge in [0.05, 0.1) is 11.3 Å². The molecule has 1 aliphatic heterocycles. The van der Waals surface area contributed by atoms with E-state index in [1.807, 2.05) is 66.7 Å². The van der Waals surface area contributed by atoms with Gasteiger partial charge < -0.3 is 10.2 Å². The van der Waals surface area contributed by atoms with Crippen LogP contribution in [0.25, 0.3) is 22.2 Å². The molecule has 5 rings (SSSR count). The number of carboxylic acid groups (broad SMARTS) is 1. The quantitative estimate of drug-likeness (QED) is 0.340. The number of nitrogens with zero attached hydrogens (tertiary/aromatic N) is 1. The zero-order valence-electron chi connectivity index (χ0n) is 17.9. The highest BCUT2D eigenvalue weighted by atomic mass is 32.1. The molecule has 5 nitrogen and oxygen atoms in total. The van der Waals surface area contributed by atoms with Crippen molar-refractivity contribution in [1.29, 1.82) is 0 Å². The summed E-state index contributed by atoms with van der Waals surface area (Å²) < 4.78 is 0. The molecular weight excluding hydrogens is 446 g/mol. The number of phenols is 1. The maximum atomic E-state index is 13.5. The standard InChI is InChI=1S/C28H19NO4S/c30-23-12-8-19(9-13-23)26-15-14-24(34-26)16-21-17-25(18-4-2-1-3-5-18)29(27(21)31)22-10-6-20(7-11-22)28(32)33/h1-17,30H,(H,32,33)/b21-16+. The Kier molecular flexibility index (Phi) is 5.57. The zero-order valence-corrected chi connectivity index (χ0v) is 18.7. The van der Waals surface area contributed by atoms with Crippen LogP contribution in [0.15, 0.2) is 103 Å². The molecule has 4 aromatic rings. The third-order valence-electron chi connectivity index (χ3n) is 5.50. The second kappa shape index (κ2) is 8.84. The minimum Gasteiger partial charge on any atom is -0.508 e. The van der Waals surface area contributed by atoms with E-state index in [0.29, 0.717) is 11.3 Å². The van der Waals surface area contributed by atoms with Gasteiger partial charge in [-0.15, -0.1) is 11.3 Å². The van der Waals surface area contributed by atoms with Crippen LogP contribution in [0.5, 0.6) is 5.75 Å². The van der Waals surface area contributed by atoms with Crippen molar-refractivity contribution < 1.29 is 19.8 Å². The molecule has 34 heavy (non-hydrogen) atoms. The maximum Gasteiger partial charge on any atom is 0.335 e. The smallest absolute Gasteiger partial charge is 0.335 e. The minimum atomic E-state index is -1.01. The predicted octanol–water partition coefficient (Wildman–Crippen LogP) is 6.29. The number of carbonyl (C=O) groups is 2. The van der Waals surface area contributed by atoms with Gasteiger partial charge >= 0.3 is 5.97 Å². The van der Waals surface area contributed by atoms with Crippen molar-refractivity contribution >= 4 is 40.7 Å². The second-order valence-electron chi connectivity index (χ2n) is 7.74. The van der Waals surface area contributed by atoms with Gasteiger partial charge in [0.25, 0.3) is 5.91 Å². The van der Waals surface area contributed by atoms with E-state index in [0.717, 1.165) is 26.6 Å². The fraction of sp³-hybridized carbons (Fsp3) is 0. The third-order valence-corrected chi connectivity index (χ3v) is 6.58. The fourth-order valence-corrected chi connectivity index (χ4v) is 4.78. The Morgan fingerprint density at radius 1 is 0.824 bits per heavy atom. The Morgan fingerprint density at radius 2 is 1.53 bits per heavy atom. The monoisotopic (exact) mass is 465 g/mol. The zero-order chi connectivity index (χ0) is 23.7. The summed E-state index contributed by atoms with van der Waals surface area (Å²) >= 11 is 1.56. The highest BCUT2D eigenvalue weighted by Crippen LogP contribution is 2.37. The van der Waals surface area contributed by atoms with Gasteiger partial charge in [-0.25, -0.2) is 4.79 Å². The van der Waals surface area contributed by atoms with E-state index >= 15 is 0 Å². The molecule has 166 valence electrons. The highest BCUT2D eigenvalue weighted by Gasteiger charge is 2.30. The van der Waals surface area contributed by atoms with E-state index in [1.165, 1.54) is 12.1 Å². The fourth-order valence-electron chi connectivity index (χ4n) is 3.81. The molecule has 3 aromatic carbocycles. The molecule has 1 aliphatic rings. The Labute approximate surface area is 200 Å². The first kappa shape index (κ1) is 21.4. The van der Waals surface area contributed by atoms with E-state index in [-0.39, 0.29) is 17.2 Å². The number of thiophene rings is 1. The first-order chi connectivity index (χ1) is 16.5.